The van der Waals surface area contributed by atoms with E-state index in [1.807, 2.05) is 5.32 Å². The highest BCUT2D eigenvalue weighted by Gasteiger charge is 2.20. The molecule has 0 saturated carbocycles. The van der Waals surface area contributed by atoms with Crippen LogP contribution in [0.15, 0.2) is 24.3 Å². The van der Waals surface area contributed by atoms with Gasteiger partial charge in [-0.1, -0.05) is 11.6 Å². The average Bonchev–Trinajstić information content (AvgIpc) is 2.52. The lowest BCUT2D eigenvalue weighted by Crippen LogP contribution is -2.43. The van der Waals surface area contributed by atoms with E-state index < -0.39 is 24.0 Å². The maximum absolute atomic E-state index is 11.9. The van der Waals surface area contributed by atoms with Crippen LogP contribution in [0.2, 0.25) is 5.02 Å². The van der Waals surface area contributed by atoms with E-state index in [9.17, 15) is 19.2 Å². The molecule has 0 aliphatic carbocycles. The number of hydrogen-bond donors (Lipinski definition) is 2. The molecule has 3 amide bonds. The SMILES string of the molecule is CNC(=O)NC(=O)[C@H](C)OC(=O)CCC(=O)c1ccc(Cl)cc1. The van der Waals surface area contributed by atoms with Crippen molar-refractivity contribution in [1.82, 2.24) is 10.6 Å². The highest BCUT2D eigenvalue weighted by Crippen LogP contribution is 2.12. The Morgan fingerprint density at radius 3 is 2.30 bits per heavy atom. The second-order valence-corrected chi connectivity index (χ2v) is 5.07. The van der Waals surface area contributed by atoms with Crippen molar-refractivity contribution in [3.8, 4) is 0 Å². The fourth-order valence-electron chi connectivity index (χ4n) is 1.58. The summed E-state index contributed by atoms with van der Waals surface area (Å²) in [5.74, 6) is -1.69. The van der Waals surface area contributed by atoms with E-state index in [-0.39, 0.29) is 18.6 Å². The molecule has 0 aromatic heterocycles. The van der Waals surface area contributed by atoms with Gasteiger partial charge in [0.05, 0.1) is 6.42 Å². The van der Waals surface area contributed by atoms with Gasteiger partial charge >= 0.3 is 12.0 Å². The second kappa shape index (κ2) is 8.89. The summed E-state index contributed by atoms with van der Waals surface area (Å²) >= 11 is 5.73. The lowest BCUT2D eigenvalue weighted by molar-refractivity contribution is -0.154. The van der Waals surface area contributed by atoms with Crippen LogP contribution < -0.4 is 10.6 Å². The minimum Gasteiger partial charge on any atom is -0.453 e. The standard InChI is InChI=1S/C15H17ClN2O5/c1-9(14(21)18-15(22)17-2)23-13(20)8-7-12(19)10-3-5-11(16)6-4-10/h3-6,9H,7-8H2,1-2H3,(H2,17,18,21,22)/t9-/m0/s1. The molecule has 124 valence electrons. The first-order chi connectivity index (χ1) is 10.8. The number of halogens is 1. The Kier molecular flexibility index (Phi) is 7.21. The van der Waals surface area contributed by atoms with Crippen LogP contribution >= 0.6 is 11.6 Å². The molecular weight excluding hydrogens is 324 g/mol. The van der Waals surface area contributed by atoms with Gasteiger partial charge in [-0.25, -0.2) is 4.79 Å². The molecule has 0 aliphatic rings. The number of benzene rings is 1. The molecule has 0 bridgehead atoms. The van der Waals surface area contributed by atoms with E-state index in [0.717, 1.165) is 0 Å². The van der Waals surface area contributed by atoms with Crippen molar-refractivity contribution in [3.05, 3.63) is 34.9 Å². The highest BCUT2D eigenvalue weighted by atomic mass is 35.5. The topological polar surface area (TPSA) is 102 Å². The lowest BCUT2D eigenvalue weighted by atomic mass is 10.1. The molecule has 23 heavy (non-hydrogen) atoms. The Labute approximate surface area is 138 Å². The van der Waals surface area contributed by atoms with Gasteiger partial charge in [-0.3, -0.25) is 19.7 Å². The van der Waals surface area contributed by atoms with E-state index in [1.54, 1.807) is 24.3 Å². The van der Waals surface area contributed by atoms with Crippen molar-refractivity contribution in [3.63, 3.8) is 0 Å². The first-order valence-electron chi connectivity index (χ1n) is 6.84. The van der Waals surface area contributed by atoms with E-state index in [4.69, 9.17) is 16.3 Å². The minimum atomic E-state index is -1.13. The number of urea groups is 1. The molecule has 0 spiro atoms. The molecular formula is C15H17ClN2O5. The number of amides is 3. The van der Waals surface area contributed by atoms with Gasteiger partial charge in [0, 0.05) is 24.1 Å². The monoisotopic (exact) mass is 340 g/mol. The van der Waals surface area contributed by atoms with Crippen molar-refractivity contribution in [2.24, 2.45) is 0 Å². The van der Waals surface area contributed by atoms with Gasteiger partial charge in [0.15, 0.2) is 11.9 Å². The van der Waals surface area contributed by atoms with Gasteiger partial charge in [-0.2, -0.15) is 0 Å². The number of ether oxygens (including phenoxy) is 1. The number of carbonyl (C=O) groups excluding carboxylic acids is 4. The summed E-state index contributed by atoms with van der Waals surface area (Å²) in [7, 11) is 1.35. The molecule has 1 aromatic carbocycles. The molecule has 1 atom stereocenters. The molecule has 0 aliphatic heterocycles. The Morgan fingerprint density at radius 1 is 1.13 bits per heavy atom. The first-order valence-corrected chi connectivity index (χ1v) is 7.22. The fourth-order valence-corrected chi connectivity index (χ4v) is 1.71. The molecule has 0 radical (unpaired) electrons. The van der Waals surface area contributed by atoms with Gasteiger partial charge in [-0.05, 0) is 31.2 Å². The van der Waals surface area contributed by atoms with Gasteiger partial charge in [0.2, 0.25) is 0 Å². The molecule has 8 heteroatoms. The fraction of sp³-hybridized carbons (Fsp3) is 0.333. The molecule has 0 unspecified atom stereocenters. The number of esters is 1. The van der Waals surface area contributed by atoms with Gasteiger partial charge in [0.1, 0.15) is 0 Å². The third-order valence-corrected chi connectivity index (χ3v) is 3.12. The Hall–Kier alpha value is -2.41. The summed E-state index contributed by atoms with van der Waals surface area (Å²) in [4.78, 5) is 46.0. The zero-order valence-corrected chi connectivity index (χ0v) is 13.5. The third kappa shape index (κ3) is 6.48. The molecule has 1 aromatic rings. The zero-order valence-electron chi connectivity index (χ0n) is 12.7. The maximum Gasteiger partial charge on any atom is 0.321 e. The van der Waals surface area contributed by atoms with E-state index in [2.05, 4.69) is 5.32 Å². The van der Waals surface area contributed by atoms with Crippen LogP contribution in [0.4, 0.5) is 4.79 Å². The molecule has 0 saturated heterocycles. The van der Waals surface area contributed by atoms with Crippen LogP contribution in [0.3, 0.4) is 0 Å². The largest absolute Gasteiger partial charge is 0.453 e. The number of rotatable bonds is 6. The van der Waals surface area contributed by atoms with E-state index in [1.165, 1.54) is 14.0 Å². The van der Waals surface area contributed by atoms with Crippen LogP contribution in [0.25, 0.3) is 0 Å². The quantitative estimate of drug-likeness (QED) is 0.606. The summed E-state index contributed by atoms with van der Waals surface area (Å²) < 4.78 is 4.86. The van der Waals surface area contributed by atoms with Crippen molar-refractivity contribution in [2.75, 3.05) is 7.05 Å². The molecule has 7 nitrogen and oxygen atoms in total. The molecule has 1 rings (SSSR count). The van der Waals surface area contributed by atoms with Crippen LogP contribution in [0, 0.1) is 0 Å². The molecule has 0 heterocycles. The van der Waals surface area contributed by atoms with Crippen LogP contribution in [0.1, 0.15) is 30.1 Å². The predicted octanol–water partition coefficient (Wildman–Crippen LogP) is 1.69. The van der Waals surface area contributed by atoms with Crippen molar-refractivity contribution >= 4 is 35.3 Å². The highest BCUT2D eigenvalue weighted by molar-refractivity contribution is 6.30. The molecule has 0 fully saturated rings. The van der Waals surface area contributed by atoms with Crippen LogP contribution in [0.5, 0.6) is 0 Å². The second-order valence-electron chi connectivity index (χ2n) is 4.63. The third-order valence-electron chi connectivity index (χ3n) is 2.86. The Balaban J connectivity index is 2.41. The van der Waals surface area contributed by atoms with Gasteiger partial charge in [-0.15, -0.1) is 0 Å². The van der Waals surface area contributed by atoms with Crippen molar-refractivity contribution in [1.29, 1.82) is 0 Å². The lowest BCUT2D eigenvalue weighted by Gasteiger charge is -2.12. The maximum atomic E-state index is 11.9. The van der Waals surface area contributed by atoms with Gasteiger partial charge < -0.3 is 10.1 Å². The number of carbonyl (C=O) groups is 4. The normalized spacial score (nSPS) is 11.3. The van der Waals surface area contributed by atoms with Crippen molar-refractivity contribution < 1.29 is 23.9 Å². The zero-order chi connectivity index (χ0) is 17.4. The smallest absolute Gasteiger partial charge is 0.321 e. The minimum absolute atomic E-state index is 0.0513. The molecule has 2 N–H and O–H groups in total. The summed E-state index contributed by atoms with van der Waals surface area (Å²) in [5.41, 5.74) is 0.438. The number of ketones is 1. The first kappa shape index (κ1) is 18.6. The summed E-state index contributed by atoms with van der Waals surface area (Å²) in [5, 5.41) is 4.70. The van der Waals surface area contributed by atoms with Crippen LogP contribution in [-0.4, -0.2) is 36.8 Å². The van der Waals surface area contributed by atoms with Crippen molar-refractivity contribution in [2.45, 2.75) is 25.9 Å². The van der Waals surface area contributed by atoms with Gasteiger partial charge in [0.25, 0.3) is 5.91 Å². The Bertz CT molecular complexity index is 600. The van der Waals surface area contributed by atoms with E-state index in [0.29, 0.717) is 10.6 Å². The summed E-state index contributed by atoms with van der Waals surface area (Å²) in [6, 6.07) is 5.59. The summed E-state index contributed by atoms with van der Waals surface area (Å²) in [6.07, 6.45) is -1.35. The number of Topliss-reactive ketones (excluding diaryl/α,β-unsaturated/α-hetero) is 1. The number of imide groups is 1. The number of hydrogen-bond acceptors (Lipinski definition) is 5. The summed E-state index contributed by atoms with van der Waals surface area (Å²) in [6.45, 7) is 1.33. The Morgan fingerprint density at radius 2 is 1.74 bits per heavy atom. The number of nitrogens with one attached hydrogen (secondary N) is 2. The van der Waals surface area contributed by atoms with E-state index >= 15 is 0 Å². The average molecular weight is 341 g/mol. The predicted molar refractivity (Wildman–Crippen MR) is 83.2 cm³/mol. The van der Waals surface area contributed by atoms with Crippen LogP contribution in [-0.2, 0) is 14.3 Å².